The van der Waals surface area contributed by atoms with Crippen molar-refractivity contribution in [3.05, 3.63) is 42.2 Å². The zero-order valence-electron chi connectivity index (χ0n) is 7.44. The third kappa shape index (κ3) is 1.54. The molecule has 0 radical (unpaired) electrons. The number of anilines is 1. The van der Waals surface area contributed by atoms with Crippen molar-refractivity contribution in [2.75, 3.05) is 5.73 Å². The molecule has 0 saturated carbocycles. The number of aromatic nitrogens is 2. The van der Waals surface area contributed by atoms with Crippen molar-refractivity contribution in [3.8, 4) is 5.69 Å². The summed E-state index contributed by atoms with van der Waals surface area (Å²) in [6.45, 7) is 2.01. The second-order valence-corrected chi connectivity index (χ2v) is 3.05. The number of aryl methyl sites for hydroxylation is 1. The second kappa shape index (κ2) is 2.94. The molecule has 0 saturated heterocycles. The summed E-state index contributed by atoms with van der Waals surface area (Å²) in [6.07, 6.45) is 3.81. The SMILES string of the molecule is Cc1cnn(-c2ccc(N)cc2)c1. The van der Waals surface area contributed by atoms with Crippen LogP contribution in [0.4, 0.5) is 5.69 Å². The minimum absolute atomic E-state index is 0.771. The molecule has 1 aromatic heterocycles. The summed E-state index contributed by atoms with van der Waals surface area (Å²) in [6, 6.07) is 7.63. The highest BCUT2D eigenvalue weighted by Gasteiger charge is 1.96. The van der Waals surface area contributed by atoms with Crippen LogP contribution in [0.5, 0.6) is 0 Å². The number of nitrogens with two attached hydrogens (primary N) is 1. The van der Waals surface area contributed by atoms with Gasteiger partial charge >= 0.3 is 0 Å². The molecule has 2 rings (SSSR count). The molecule has 2 aromatic rings. The topological polar surface area (TPSA) is 43.8 Å². The normalized spacial score (nSPS) is 10.2. The smallest absolute Gasteiger partial charge is 0.0647 e. The first kappa shape index (κ1) is 7.86. The minimum Gasteiger partial charge on any atom is -0.399 e. The van der Waals surface area contributed by atoms with E-state index in [2.05, 4.69) is 5.10 Å². The molecule has 2 N–H and O–H groups in total. The third-order valence-electron chi connectivity index (χ3n) is 1.87. The van der Waals surface area contributed by atoms with Gasteiger partial charge in [0, 0.05) is 11.9 Å². The largest absolute Gasteiger partial charge is 0.399 e. The van der Waals surface area contributed by atoms with Crippen LogP contribution in [-0.2, 0) is 0 Å². The van der Waals surface area contributed by atoms with E-state index in [0.717, 1.165) is 16.9 Å². The molecule has 1 aromatic carbocycles. The van der Waals surface area contributed by atoms with Crippen LogP contribution < -0.4 is 5.73 Å². The van der Waals surface area contributed by atoms with Gasteiger partial charge in [-0.1, -0.05) is 0 Å². The summed E-state index contributed by atoms with van der Waals surface area (Å²) in [5.41, 5.74) is 8.53. The molecule has 1 heterocycles. The van der Waals surface area contributed by atoms with E-state index >= 15 is 0 Å². The van der Waals surface area contributed by atoms with Crippen LogP contribution in [0.15, 0.2) is 36.7 Å². The van der Waals surface area contributed by atoms with Gasteiger partial charge in [-0.25, -0.2) is 4.68 Å². The summed E-state index contributed by atoms with van der Waals surface area (Å²) in [4.78, 5) is 0. The van der Waals surface area contributed by atoms with Gasteiger partial charge in [-0.15, -0.1) is 0 Å². The summed E-state index contributed by atoms with van der Waals surface area (Å²) in [7, 11) is 0. The first-order chi connectivity index (χ1) is 6.25. The third-order valence-corrected chi connectivity index (χ3v) is 1.87. The van der Waals surface area contributed by atoms with Crippen molar-refractivity contribution in [1.82, 2.24) is 9.78 Å². The lowest BCUT2D eigenvalue weighted by molar-refractivity contribution is 0.880. The Hall–Kier alpha value is -1.77. The van der Waals surface area contributed by atoms with Crippen molar-refractivity contribution in [1.29, 1.82) is 0 Å². The second-order valence-electron chi connectivity index (χ2n) is 3.05. The number of hydrogen-bond acceptors (Lipinski definition) is 2. The molecule has 3 nitrogen and oxygen atoms in total. The lowest BCUT2D eigenvalue weighted by atomic mass is 10.3. The molecule has 0 atom stereocenters. The van der Waals surface area contributed by atoms with Gasteiger partial charge in [0.2, 0.25) is 0 Å². The molecule has 0 unspecified atom stereocenters. The number of nitrogens with zero attached hydrogens (tertiary/aromatic N) is 2. The number of rotatable bonds is 1. The van der Waals surface area contributed by atoms with Crippen LogP contribution in [0.25, 0.3) is 5.69 Å². The number of hydrogen-bond donors (Lipinski definition) is 1. The lowest BCUT2D eigenvalue weighted by Gasteiger charge is -2.00. The van der Waals surface area contributed by atoms with Gasteiger partial charge < -0.3 is 5.73 Å². The molecule has 0 aliphatic rings. The Bertz CT molecular complexity index is 400. The highest BCUT2D eigenvalue weighted by molar-refractivity contribution is 5.44. The lowest BCUT2D eigenvalue weighted by Crippen LogP contribution is -1.94. The van der Waals surface area contributed by atoms with E-state index in [1.165, 1.54) is 0 Å². The highest BCUT2D eigenvalue weighted by atomic mass is 15.3. The zero-order valence-corrected chi connectivity index (χ0v) is 7.44. The molecule has 66 valence electrons. The van der Waals surface area contributed by atoms with E-state index in [9.17, 15) is 0 Å². The molecule has 0 bridgehead atoms. The minimum atomic E-state index is 0.771. The Morgan fingerprint density at radius 1 is 1.23 bits per heavy atom. The quantitative estimate of drug-likeness (QED) is 0.668. The van der Waals surface area contributed by atoms with E-state index in [1.807, 2.05) is 48.3 Å². The van der Waals surface area contributed by atoms with Gasteiger partial charge in [0.25, 0.3) is 0 Å². The van der Waals surface area contributed by atoms with Crippen molar-refractivity contribution in [3.63, 3.8) is 0 Å². The van der Waals surface area contributed by atoms with E-state index in [4.69, 9.17) is 5.73 Å². The summed E-state index contributed by atoms with van der Waals surface area (Å²) < 4.78 is 1.83. The van der Waals surface area contributed by atoms with Crippen LogP contribution in [-0.4, -0.2) is 9.78 Å². The van der Waals surface area contributed by atoms with Gasteiger partial charge in [0.1, 0.15) is 0 Å². The van der Waals surface area contributed by atoms with Gasteiger partial charge in [0.05, 0.1) is 11.9 Å². The average molecular weight is 173 g/mol. The first-order valence-corrected chi connectivity index (χ1v) is 4.13. The highest BCUT2D eigenvalue weighted by Crippen LogP contribution is 2.10. The molecule has 13 heavy (non-hydrogen) atoms. The maximum absolute atomic E-state index is 5.58. The van der Waals surface area contributed by atoms with Crippen LogP contribution in [0.2, 0.25) is 0 Å². The maximum atomic E-state index is 5.58. The number of benzene rings is 1. The number of nitrogen functional groups attached to an aromatic ring is 1. The fraction of sp³-hybridized carbons (Fsp3) is 0.100. The van der Waals surface area contributed by atoms with E-state index in [-0.39, 0.29) is 0 Å². The van der Waals surface area contributed by atoms with Gasteiger partial charge in [0.15, 0.2) is 0 Å². The monoisotopic (exact) mass is 173 g/mol. The average Bonchev–Trinajstić information content (AvgIpc) is 2.53. The van der Waals surface area contributed by atoms with Crippen LogP contribution >= 0.6 is 0 Å². The Labute approximate surface area is 76.8 Å². The van der Waals surface area contributed by atoms with E-state index < -0.39 is 0 Å². The molecular weight excluding hydrogens is 162 g/mol. The van der Waals surface area contributed by atoms with Gasteiger partial charge in [-0.2, -0.15) is 5.10 Å². The van der Waals surface area contributed by atoms with E-state index in [1.54, 1.807) is 0 Å². The molecule has 3 heteroatoms. The molecule has 0 aliphatic carbocycles. The maximum Gasteiger partial charge on any atom is 0.0647 e. The Kier molecular flexibility index (Phi) is 1.77. The standard InChI is InChI=1S/C10H11N3/c1-8-6-12-13(7-8)10-4-2-9(11)3-5-10/h2-7H,11H2,1H3. The molecule has 0 fully saturated rings. The van der Waals surface area contributed by atoms with Gasteiger partial charge in [-0.05, 0) is 36.8 Å². The summed E-state index contributed by atoms with van der Waals surface area (Å²) in [5, 5.41) is 4.19. The fourth-order valence-corrected chi connectivity index (χ4v) is 1.18. The van der Waals surface area contributed by atoms with Crippen molar-refractivity contribution in [2.45, 2.75) is 6.92 Å². The van der Waals surface area contributed by atoms with Gasteiger partial charge in [-0.3, -0.25) is 0 Å². The Morgan fingerprint density at radius 2 is 1.92 bits per heavy atom. The zero-order chi connectivity index (χ0) is 9.26. The van der Waals surface area contributed by atoms with Crippen LogP contribution in [0.3, 0.4) is 0 Å². The molecule has 0 amide bonds. The first-order valence-electron chi connectivity index (χ1n) is 4.13. The van der Waals surface area contributed by atoms with Crippen molar-refractivity contribution in [2.24, 2.45) is 0 Å². The Balaban J connectivity index is 2.41. The summed E-state index contributed by atoms with van der Waals surface area (Å²) >= 11 is 0. The van der Waals surface area contributed by atoms with E-state index in [0.29, 0.717) is 0 Å². The van der Waals surface area contributed by atoms with Crippen molar-refractivity contribution >= 4 is 5.69 Å². The van der Waals surface area contributed by atoms with Crippen molar-refractivity contribution < 1.29 is 0 Å². The predicted molar refractivity (Wildman–Crippen MR) is 52.7 cm³/mol. The van der Waals surface area contributed by atoms with Crippen LogP contribution in [0, 0.1) is 6.92 Å². The molecule has 0 aliphatic heterocycles. The molecule has 0 spiro atoms. The predicted octanol–water partition coefficient (Wildman–Crippen LogP) is 1.76. The van der Waals surface area contributed by atoms with Crippen LogP contribution in [0.1, 0.15) is 5.56 Å². The summed E-state index contributed by atoms with van der Waals surface area (Å²) in [5.74, 6) is 0. The molecular formula is C10H11N3. The fourth-order valence-electron chi connectivity index (χ4n) is 1.18. The Morgan fingerprint density at radius 3 is 2.46 bits per heavy atom.